The van der Waals surface area contributed by atoms with Gasteiger partial charge in [0.2, 0.25) is 0 Å². The highest BCUT2D eigenvalue weighted by Crippen LogP contribution is 2.43. The third kappa shape index (κ3) is 4.97. The van der Waals surface area contributed by atoms with Crippen LogP contribution in [0.15, 0.2) is 150 Å². The quantitative estimate of drug-likeness (QED) is 0.119. The van der Waals surface area contributed by atoms with E-state index in [-0.39, 0.29) is 10.6 Å². The van der Waals surface area contributed by atoms with Crippen LogP contribution in [0.3, 0.4) is 0 Å². The largest absolute Gasteiger partial charge is 0.423 e. The van der Waals surface area contributed by atoms with Gasteiger partial charge >= 0.3 is 5.97 Å². The number of hydrogen-bond acceptors (Lipinski definition) is 5. The Morgan fingerprint density at radius 3 is 2.30 bits per heavy atom. The van der Waals surface area contributed by atoms with Gasteiger partial charge in [-0.25, -0.2) is 17.5 Å². The first-order valence-corrected chi connectivity index (χ1v) is 15.7. The standard InChI is InChI=1S/C37H28N2O4S/c1-26-15-20-32(21-16-26)44(41,42)38-25-36(28-10-3-2-4-11-28)39-33-14-8-7-12-29(33)18-22-34(39)35(38)24-37(40)43-31-19-17-27-9-5-6-13-30(27)23-31/h2-25,34H,1H3/b35-24+/t34-/m0/s1. The van der Waals surface area contributed by atoms with Crippen molar-refractivity contribution in [2.45, 2.75) is 17.9 Å². The topological polar surface area (TPSA) is 66.9 Å². The van der Waals surface area contributed by atoms with Crippen molar-refractivity contribution in [3.05, 3.63) is 162 Å². The van der Waals surface area contributed by atoms with Crippen molar-refractivity contribution in [1.29, 1.82) is 0 Å². The molecular formula is C37H28N2O4S. The molecule has 6 nitrogen and oxygen atoms in total. The van der Waals surface area contributed by atoms with Gasteiger partial charge < -0.3 is 9.64 Å². The van der Waals surface area contributed by atoms with Crippen LogP contribution in [0.1, 0.15) is 16.7 Å². The number of hydrogen-bond donors (Lipinski definition) is 0. The SMILES string of the molecule is Cc1ccc(S(=O)(=O)N2C=C(c3ccccc3)N3c4ccccc4C=C[C@H]3/C2=C\C(=O)Oc2ccc3ccccc3c2)cc1. The van der Waals surface area contributed by atoms with Crippen LogP contribution in [0.2, 0.25) is 0 Å². The molecule has 2 heterocycles. The summed E-state index contributed by atoms with van der Waals surface area (Å²) in [6.07, 6.45) is 6.77. The average Bonchev–Trinajstić information content (AvgIpc) is 3.05. The molecule has 7 rings (SSSR count). The second kappa shape index (κ2) is 11.0. The second-order valence-electron chi connectivity index (χ2n) is 10.7. The zero-order chi connectivity index (χ0) is 30.3. The summed E-state index contributed by atoms with van der Waals surface area (Å²) in [5.41, 5.74) is 4.60. The van der Waals surface area contributed by atoms with Gasteiger partial charge in [0.05, 0.1) is 22.3 Å². The van der Waals surface area contributed by atoms with Gasteiger partial charge in [0.25, 0.3) is 10.0 Å². The van der Waals surface area contributed by atoms with Crippen LogP contribution < -0.4 is 9.64 Å². The molecule has 5 aromatic rings. The Balaban J connectivity index is 1.39. The van der Waals surface area contributed by atoms with Crippen LogP contribution in [0.4, 0.5) is 5.69 Å². The summed E-state index contributed by atoms with van der Waals surface area (Å²) in [6.45, 7) is 1.90. The molecule has 7 heteroatoms. The van der Waals surface area contributed by atoms with E-state index in [0.29, 0.717) is 11.4 Å². The predicted octanol–water partition coefficient (Wildman–Crippen LogP) is 7.54. The highest BCUT2D eigenvalue weighted by atomic mass is 32.2. The maximum Gasteiger partial charge on any atom is 0.338 e. The predicted molar refractivity (Wildman–Crippen MR) is 174 cm³/mol. The molecule has 2 aliphatic rings. The Hall–Kier alpha value is -5.40. The fourth-order valence-electron chi connectivity index (χ4n) is 5.67. The van der Waals surface area contributed by atoms with E-state index in [4.69, 9.17) is 4.74 Å². The molecule has 0 bridgehead atoms. The Morgan fingerprint density at radius 2 is 1.50 bits per heavy atom. The van der Waals surface area contributed by atoms with Crippen LogP contribution in [-0.2, 0) is 14.8 Å². The maximum absolute atomic E-state index is 14.3. The summed E-state index contributed by atoms with van der Waals surface area (Å²) >= 11 is 0. The lowest BCUT2D eigenvalue weighted by Gasteiger charge is -2.45. The van der Waals surface area contributed by atoms with Crippen molar-refractivity contribution in [2.24, 2.45) is 0 Å². The van der Waals surface area contributed by atoms with Crippen LogP contribution in [0.5, 0.6) is 5.75 Å². The average molecular weight is 597 g/mol. The molecule has 0 fully saturated rings. The Kier molecular flexibility index (Phi) is 6.87. The third-order valence-electron chi connectivity index (χ3n) is 7.84. The van der Waals surface area contributed by atoms with Crippen molar-refractivity contribution >= 4 is 44.2 Å². The Morgan fingerprint density at radius 1 is 0.795 bits per heavy atom. The lowest BCUT2D eigenvalue weighted by molar-refractivity contribution is -0.129. The molecule has 0 radical (unpaired) electrons. The first-order valence-electron chi connectivity index (χ1n) is 14.3. The van der Waals surface area contributed by atoms with Gasteiger partial charge in [-0.15, -0.1) is 0 Å². The first-order chi connectivity index (χ1) is 21.4. The zero-order valence-electron chi connectivity index (χ0n) is 23.9. The van der Waals surface area contributed by atoms with Gasteiger partial charge in [-0.2, -0.15) is 0 Å². The number of esters is 1. The van der Waals surface area contributed by atoms with Gasteiger partial charge in [-0.05, 0) is 59.2 Å². The second-order valence-corrected chi connectivity index (χ2v) is 12.5. The first kappa shape index (κ1) is 27.4. The fourth-order valence-corrected chi connectivity index (χ4v) is 7.05. The normalized spacial score (nSPS) is 16.8. The number of anilines is 1. The molecule has 1 atom stereocenters. The monoisotopic (exact) mass is 596 g/mol. The zero-order valence-corrected chi connectivity index (χ0v) is 24.7. The van der Waals surface area contributed by atoms with Crippen LogP contribution in [-0.4, -0.2) is 24.7 Å². The van der Waals surface area contributed by atoms with E-state index in [2.05, 4.69) is 4.90 Å². The van der Waals surface area contributed by atoms with Crippen molar-refractivity contribution in [3.8, 4) is 5.75 Å². The highest BCUT2D eigenvalue weighted by Gasteiger charge is 2.40. The van der Waals surface area contributed by atoms with Gasteiger partial charge in [0.1, 0.15) is 5.75 Å². The number of aryl methyl sites for hydroxylation is 1. The Labute approximate surface area is 256 Å². The molecule has 216 valence electrons. The van der Waals surface area contributed by atoms with E-state index in [9.17, 15) is 13.2 Å². The van der Waals surface area contributed by atoms with E-state index in [0.717, 1.165) is 33.2 Å². The number of fused-ring (bicyclic) bond motifs is 4. The van der Waals surface area contributed by atoms with E-state index in [1.54, 1.807) is 42.6 Å². The van der Waals surface area contributed by atoms with Gasteiger partial charge in [-0.3, -0.25) is 0 Å². The molecule has 0 spiro atoms. The number of rotatable bonds is 5. The molecule has 0 aliphatic carbocycles. The van der Waals surface area contributed by atoms with Crippen LogP contribution >= 0.6 is 0 Å². The van der Waals surface area contributed by atoms with Crippen molar-refractivity contribution < 1.29 is 17.9 Å². The summed E-state index contributed by atoms with van der Waals surface area (Å²) in [4.78, 5) is 15.7. The van der Waals surface area contributed by atoms with Crippen molar-refractivity contribution in [1.82, 2.24) is 4.31 Å². The highest BCUT2D eigenvalue weighted by molar-refractivity contribution is 7.89. The molecule has 44 heavy (non-hydrogen) atoms. The fraction of sp³-hybridized carbons (Fsp3) is 0.0541. The number of ether oxygens (including phenoxy) is 1. The minimum atomic E-state index is -4.12. The molecule has 0 amide bonds. The number of para-hydroxylation sites is 1. The molecule has 0 aromatic heterocycles. The van der Waals surface area contributed by atoms with E-state index < -0.39 is 22.0 Å². The van der Waals surface area contributed by atoms with E-state index >= 15 is 0 Å². The molecule has 0 unspecified atom stereocenters. The lowest BCUT2D eigenvalue weighted by atomic mass is 9.96. The van der Waals surface area contributed by atoms with E-state index in [1.165, 1.54) is 10.4 Å². The van der Waals surface area contributed by atoms with Crippen LogP contribution in [0.25, 0.3) is 22.5 Å². The lowest BCUT2D eigenvalue weighted by Crippen LogP contribution is -2.47. The molecule has 0 saturated heterocycles. The molecule has 5 aromatic carbocycles. The smallest absolute Gasteiger partial charge is 0.338 e. The summed E-state index contributed by atoms with van der Waals surface area (Å²) in [5, 5.41) is 1.95. The van der Waals surface area contributed by atoms with Gasteiger partial charge in [0.15, 0.2) is 0 Å². The minimum Gasteiger partial charge on any atom is -0.423 e. The van der Waals surface area contributed by atoms with Crippen molar-refractivity contribution in [3.63, 3.8) is 0 Å². The number of sulfonamides is 1. The number of benzene rings is 5. The summed E-state index contributed by atoms with van der Waals surface area (Å²) in [6, 6.07) is 36.9. The molecule has 2 aliphatic heterocycles. The minimum absolute atomic E-state index is 0.120. The van der Waals surface area contributed by atoms with Crippen LogP contribution in [0, 0.1) is 6.92 Å². The molecule has 0 saturated carbocycles. The van der Waals surface area contributed by atoms with Gasteiger partial charge in [0, 0.05) is 18.0 Å². The number of carbonyl (C=O) groups excluding carboxylic acids is 1. The molecular weight excluding hydrogens is 568 g/mol. The number of nitrogens with zero attached hydrogens (tertiary/aromatic N) is 2. The van der Waals surface area contributed by atoms with Gasteiger partial charge in [-0.1, -0.05) is 109 Å². The summed E-state index contributed by atoms with van der Waals surface area (Å²) in [5.74, 6) is -0.306. The third-order valence-corrected chi connectivity index (χ3v) is 9.54. The molecule has 0 N–H and O–H groups in total. The summed E-state index contributed by atoms with van der Waals surface area (Å²) < 4.78 is 35.7. The number of carbonyl (C=O) groups is 1. The van der Waals surface area contributed by atoms with E-state index in [1.807, 2.05) is 104 Å². The van der Waals surface area contributed by atoms with Crippen molar-refractivity contribution in [2.75, 3.05) is 4.90 Å². The summed E-state index contributed by atoms with van der Waals surface area (Å²) in [7, 11) is -4.12. The Bertz CT molecular complexity index is 2100. The maximum atomic E-state index is 14.3.